The van der Waals surface area contributed by atoms with Crippen LogP contribution in [0.5, 0.6) is 5.75 Å². The van der Waals surface area contributed by atoms with Crippen molar-refractivity contribution in [3.63, 3.8) is 0 Å². The Labute approximate surface area is 208 Å². The molecule has 0 aliphatic carbocycles. The average molecular weight is 495 g/mol. The number of H-pyrrole nitrogens is 1. The molecule has 1 spiro atoms. The molecule has 1 amide bonds. The van der Waals surface area contributed by atoms with Gasteiger partial charge in [-0.3, -0.25) is 4.79 Å². The minimum Gasteiger partial charge on any atom is -0.493 e. The minimum atomic E-state index is -0.516. The highest BCUT2D eigenvalue weighted by Gasteiger charge is 2.44. The summed E-state index contributed by atoms with van der Waals surface area (Å²) in [6.45, 7) is 4.03. The molecule has 2 saturated heterocycles. The smallest absolute Gasteiger partial charge is 0.222 e. The number of anilines is 1. The Bertz CT molecular complexity index is 1250. The maximum absolute atomic E-state index is 11.6. The van der Waals surface area contributed by atoms with Crippen molar-refractivity contribution in [2.24, 2.45) is 5.92 Å². The number of fused-ring (bicyclic) bond motifs is 3. The zero-order chi connectivity index (χ0) is 23.8. The molecule has 6 rings (SSSR count). The monoisotopic (exact) mass is 494 g/mol. The molecule has 1 atom stereocenters. The van der Waals surface area contributed by atoms with Gasteiger partial charge in [-0.1, -0.05) is 0 Å². The normalized spacial score (nSPS) is 22.4. The molecular formula is C26H30N4O4S. The fourth-order valence-electron chi connectivity index (χ4n) is 5.30. The lowest BCUT2D eigenvalue weighted by Gasteiger charge is -2.35. The molecule has 6 heterocycles. The van der Waals surface area contributed by atoms with E-state index in [0.29, 0.717) is 31.6 Å². The first-order chi connectivity index (χ1) is 17.1. The number of thioether (sulfide) groups is 1. The molecular weight excluding hydrogens is 464 g/mol. The molecule has 35 heavy (non-hydrogen) atoms. The Kier molecular flexibility index (Phi) is 6.16. The van der Waals surface area contributed by atoms with Gasteiger partial charge in [0, 0.05) is 55.1 Å². The Balaban J connectivity index is 1.43. The van der Waals surface area contributed by atoms with Gasteiger partial charge in [-0.2, -0.15) is 11.8 Å². The first-order valence-corrected chi connectivity index (χ1v) is 13.5. The van der Waals surface area contributed by atoms with Gasteiger partial charge in [0.1, 0.15) is 17.2 Å². The van der Waals surface area contributed by atoms with Gasteiger partial charge in [-0.05, 0) is 36.3 Å². The van der Waals surface area contributed by atoms with Crippen molar-refractivity contribution >= 4 is 34.4 Å². The molecule has 9 heteroatoms. The molecule has 184 valence electrons. The number of nitrogens with zero attached hydrogens (tertiary/aromatic N) is 2. The predicted octanol–water partition coefficient (Wildman–Crippen LogP) is 4.29. The van der Waals surface area contributed by atoms with E-state index in [4.69, 9.17) is 19.2 Å². The molecule has 0 saturated carbocycles. The minimum absolute atomic E-state index is 0.155. The van der Waals surface area contributed by atoms with Crippen molar-refractivity contribution in [3.05, 3.63) is 35.8 Å². The summed E-state index contributed by atoms with van der Waals surface area (Å²) in [5, 5.41) is 3.72. The number of aromatic amines is 1. The summed E-state index contributed by atoms with van der Waals surface area (Å²) < 4.78 is 18.6. The van der Waals surface area contributed by atoms with Crippen molar-refractivity contribution in [1.82, 2.24) is 15.0 Å². The second-order valence-electron chi connectivity index (χ2n) is 9.59. The van der Waals surface area contributed by atoms with Crippen LogP contribution in [0.4, 0.5) is 5.82 Å². The summed E-state index contributed by atoms with van der Waals surface area (Å²) in [6, 6.07) is 3.96. The summed E-state index contributed by atoms with van der Waals surface area (Å²) in [4.78, 5) is 24.4. The topological polar surface area (TPSA) is 98.4 Å². The van der Waals surface area contributed by atoms with E-state index in [1.165, 1.54) is 31.3 Å². The van der Waals surface area contributed by atoms with Crippen molar-refractivity contribution in [2.45, 2.75) is 38.2 Å². The molecule has 3 aliphatic heterocycles. The number of carbonyl (C=O) groups excluding carboxylic acids is 1. The van der Waals surface area contributed by atoms with E-state index < -0.39 is 5.60 Å². The van der Waals surface area contributed by atoms with E-state index in [0.717, 1.165) is 58.6 Å². The molecule has 8 nitrogen and oxygen atoms in total. The highest BCUT2D eigenvalue weighted by Crippen LogP contribution is 2.44. The molecule has 2 N–H and O–H groups in total. The van der Waals surface area contributed by atoms with E-state index in [-0.39, 0.29) is 5.91 Å². The van der Waals surface area contributed by atoms with Gasteiger partial charge in [-0.15, -0.1) is 0 Å². The predicted molar refractivity (Wildman–Crippen MR) is 136 cm³/mol. The molecule has 3 aliphatic rings. The van der Waals surface area contributed by atoms with Gasteiger partial charge >= 0.3 is 0 Å². The van der Waals surface area contributed by atoms with Crippen LogP contribution in [-0.4, -0.2) is 58.8 Å². The summed E-state index contributed by atoms with van der Waals surface area (Å²) >= 11 is 2.03. The van der Waals surface area contributed by atoms with E-state index in [1.54, 1.807) is 6.20 Å². The van der Waals surface area contributed by atoms with Crippen LogP contribution in [0.1, 0.15) is 37.4 Å². The average Bonchev–Trinajstić information content (AvgIpc) is 3.51. The number of nitrogens with one attached hydrogen (secondary N) is 2. The van der Waals surface area contributed by atoms with Gasteiger partial charge in [-0.25, -0.2) is 9.97 Å². The third-order valence-electron chi connectivity index (χ3n) is 7.19. The number of ether oxygens (including phenoxy) is 3. The Morgan fingerprint density at radius 2 is 2.20 bits per heavy atom. The third-order valence-corrected chi connectivity index (χ3v) is 8.24. The van der Waals surface area contributed by atoms with Crippen LogP contribution in [0.25, 0.3) is 22.2 Å². The van der Waals surface area contributed by atoms with Crippen molar-refractivity contribution in [2.75, 3.05) is 43.3 Å². The van der Waals surface area contributed by atoms with Crippen LogP contribution in [0, 0.1) is 5.92 Å². The number of carbonyl (C=O) groups is 1. The number of pyridine rings is 2. The quantitative estimate of drug-likeness (QED) is 0.546. The van der Waals surface area contributed by atoms with Crippen LogP contribution >= 0.6 is 11.8 Å². The molecule has 0 bridgehead atoms. The van der Waals surface area contributed by atoms with Crippen LogP contribution < -0.4 is 10.1 Å². The fourth-order valence-corrected chi connectivity index (χ4v) is 6.50. The van der Waals surface area contributed by atoms with E-state index >= 15 is 0 Å². The molecule has 1 unspecified atom stereocenters. The molecule has 2 fully saturated rings. The SMILES string of the molecule is CC(=O)Nc1cc2c(-c3cc(OCC4CCSCC4)c4c(n3)C3(CCOC3)OCC4)c[nH]c2cn1. The molecule has 3 aromatic heterocycles. The number of rotatable bonds is 5. The standard InChI is InChI=1S/C26H30N4O4S/c1-16(31)29-24-10-19-20(12-27-22(19)13-28-24)21-11-23(33-14-17-3-8-35-9-4-17)18-2-6-34-26(25(18)30-21)5-7-32-15-26/h10-13,17,27H,2-9,14-15H2,1H3,(H,28,29,31). The molecule has 3 aromatic rings. The fraction of sp³-hybridized carbons (Fsp3) is 0.500. The van der Waals surface area contributed by atoms with E-state index in [9.17, 15) is 4.79 Å². The van der Waals surface area contributed by atoms with Crippen molar-refractivity contribution in [1.29, 1.82) is 0 Å². The summed E-state index contributed by atoms with van der Waals surface area (Å²) in [5.41, 5.74) is 4.22. The molecule has 0 radical (unpaired) electrons. The number of aromatic nitrogens is 3. The Hall–Kier alpha value is -2.62. The van der Waals surface area contributed by atoms with Gasteiger partial charge < -0.3 is 24.5 Å². The third kappa shape index (κ3) is 4.41. The number of hydrogen-bond donors (Lipinski definition) is 2. The van der Waals surface area contributed by atoms with Gasteiger partial charge in [0.25, 0.3) is 0 Å². The van der Waals surface area contributed by atoms with E-state index in [2.05, 4.69) is 21.4 Å². The second-order valence-corrected chi connectivity index (χ2v) is 10.8. The summed E-state index contributed by atoms with van der Waals surface area (Å²) in [7, 11) is 0. The van der Waals surface area contributed by atoms with Crippen LogP contribution in [-0.2, 0) is 26.3 Å². The first-order valence-electron chi connectivity index (χ1n) is 12.3. The maximum atomic E-state index is 11.6. The van der Waals surface area contributed by atoms with Gasteiger partial charge in [0.05, 0.1) is 42.9 Å². The molecule has 0 aromatic carbocycles. The summed E-state index contributed by atoms with van der Waals surface area (Å²) in [6.07, 6.45) is 7.66. The lowest BCUT2D eigenvalue weighted by Crippen LogP contribution is -2.37. The zero-order valence-corrected chi connectivity index (χ0v) is 20.7. The van der Waals surface area contributed by atoms with Crippen LogP contribution in [0.3, 0.4) is 0 Å². The largest absolute Gasteiger partial charge is 0.493 e. The van der Waals surface area contributed by atoms with Crippen molar-refractivity contribution in [3.8, 4) is 17.0 Å². The Morgan fingerprint density at radius 3 is 3.00 bits per heavy atom. The van der Waals surface area contributed by atoms with Gasteiger partial charge in [0.15, 0.2) is 0 Å². The number of amides is 1. The highest BCUT2D eigenvalue weighted by molar-refractivity contribution is 7.99. The lowest BCUT2D eigenvalue weighted by molar-refractivity contribution is -0.114. The lowest BCUT2D eigenvalue weighted by atomic mass is 9.89. The number of hydrogen-bond acceptors (Lipinski definition) is 7. The Morgan fingerprint density at radius 1 is 1.31 bits per heavy atom. The van der Waals surface area contributed by atoms with Crippen LogP contribution in [0.15, 0.2) is 24.5 Å². The zero-order valence-electron chi connectivity index (χ0n) is 19.9. The van der Waals surface area contributed by atoms with Crippen LogP contribution in [0.2, 0.25) is 0 Å². The summed E-state index contributed by atoms with van der Waals surface area (Å²) in [5.74, 6) is 4.27. The second kappa shape index (κ2) is 9.44. The highest BCUT2D eigenvalue weighted by atomic mass is 32.2. The van der Waals surface area contributed by atoms with E-state index in [1.807, 2.05) is 24.0 Å². The first kappa shape index (κ1) is 22.8. The maximum Gasteiger partial charge on any atom is 0.222 e. The van der Waals surface area contributed by atoms with Crippen molar-refractivity contribution < 1.29 is 19.0 Å². The van der Waals surface area contributed by atoms with Gasteiger partial charge in [0.2, 0.25) is 5.91 Å².